The summed E-state index contributed by atoms with van der Waals surface area (Å²) in [4.78, 5) is 13.4. The maximum atomic E-state index is 11.1. The van der Waals surface area contributed by atoms with Crippen LogP contribution in [0.25, 0.3) is 0 Å². The Morgan fingerprint density at radius 3 is 2.74 bits per heavy atom. The van der Waals surface area contributed by atoms with Crippen LogP contribution in [0.15, 0.2) is 0 Å². The molecule has 0 aromatic heterocycles. The normalized spacial score (nSPS) is 23.3. The highest BCUT2D eigenvalue weighted by Crippen LogP contribution is 2.14. The van der Waals surface area contributed by atoms with Crippen LogP contribution in [0, 0.1) is 0 Å². The number of nitrogens with two attached hydrogens (primary N) is 2. The molecule has 1 aliphatic rings. The second kappa shape index (κ2) is 7.82. The number of likely N-dealkylation sites (N-methyl/N-ethyl adjacent to an activating group) is 1. The lowest BCUT2D eigenvalue weighted by atomic mass is 9.95. The Hall–Kier alpha value is -0.650. The second-order valence-corrected chi connectivity index (χ2v) is 5.99. The Kier molecular flexibility index (Phi) is 6.75. The van der Waals surface area contributed by atoms with E-state index < -0.39 is 11.4 Å². The Bertz CT molecular complexity index is 276. The summed E-state index contributed by atoms with van der Waals surface area (Å²) in [6.07, 6.45) is 6.65. The van der Waals surface area contributed by atoms with Crippen LogP contribution in [-0.4, -0.2) is 49.2 Å². The Labute approximate surface area is 116 Å². The van der Waals surface area contributed by atoms with Crippen molar-refractivity contribution in [3.8, 4) is 0 Å². The highest BCUT2D eigenvalue weighted by atomic mass is 16.5. The molecule has 0 aliphatic carbocycles. The molecule has 0 bridgehead atoms. The van der Waals surface area contributed by atoms with Crippen molar-refractivity contribution in [3.63, 3.8) is 0 Å². The maximum Gasteiger partial charge on any atom is 0.237 e. The Balaban J connectivity index is 2.09. The molecule has 1 amide bonds. The van der Waals surface area contributed by atoms with Crippen LogP contribution in [0.5, 0.6) is 0 Å². The molecule has 0 radical (unpaired) electrons. The van der Waals surface area contributed by atoms with Crippen molar-refractivity contribution in [2.24, 2.45) is 11.5 Å². The van der Waals surface area contributed by atoms with Gasteiger partial charge in [-0.15, -0.1) is 0 Å². The maximum absolute atomic E-state index is 11.1. The van der Waals surface area contributed by atoms with Crippen molar-refractivity contribution in [1.29, 1.82) is 0 Å². The fourth-order valence-corrected chi connectivity index (χ4v) is 2.39. The minimum Gasteiger partial charge on any atom is -0.377 e. The molecule has 0 aromatic rings. The number of hydrogen-bond donors (Lipinski definition) is 2. The quantitative estimate of drug-likeness (QED) is 0.642. The summed E-state index contributed by atoms with van der Waals surface area (Å²) in [6.45, 7) is 4.61. The van der Waals surface area contributed by atoms with Crippen molar-refractivity contribution in [2.75, 3.05) is 26.7 Å². The van der Waals surface area contributed by atoms with E-state index in [1.165, 1.54) is 19.3 Å². The molecule has 0 saturated carbocycles. The zero-order chi connectivity index (χ0) is 14.3. The van der Waals surface area contributed by atoms with Gasteiger partial charge in [-0.2, -0.15) is 0 Å². The zero-order valence-electron chi connectivity index (χ0n) is 12.4. The van der Waals surface area contributed by atoms with E-state index in [-0.39, 0.29) is 0 Å². The number of rotatable bonds is 8. The number of nitrogens with zero attached hydrogens (tertiary/aromatic N) is 1. The van der Waals surface area contributed by atoms with Gasteiger partial charge in [0.25, 0.3) is 0 Å². The Morgan fingerprint density at radius 1 is 1.42 bits per heavy atom. The van der Waals surface area contributed by atoms with E-state index in [1.807, 2.05) is 0 Å². The van der Waals surface area contributed by atoms with E-state index in [2.05, 4.69) is 11.9 Å². The number of amides is 1. The monoisotopic (exact) mass is 271 g/mol. The predicted octanol–water partition coefficient (Wildman–Crippen LogP) is 0.860. The van der Waals surface area contributed by atoms with Gasteiger partial charge < -0.3 is 21.1 Å². The fourth-order valence-electron chi connectivity index (χ4n) is 2.39. The van der Waals surface area contributed by atoms with Crippen LogP contribution in [0.2, 0.25) is 0 Å². The minimum atomic E-state index is -0.870. The first-order valence-corrected chi connectivity index (χ1v) is 7.31. The van der Waals surface area contributed by atoms with Crippen LogP contribution < -0.4 is 11.5 Å². The van der Waals surface area contributed by atoms with Gasteiger partial charge in [0.05, 0.1) is 11.6 Å². The molecule has 0 spiro atoms. The molecule has 5 nitrogen and oxygen atoms in total. The van der Waals surface area contributed by atoms with E-state index in [0.29, 0.717) is 12.5 Å². The summed E-state index contributed by atoms with van der Waals surface area (Å²) in [6, 6.07) is 0. The molecule has 4 N–H and O–H groups in total. The summed E-state index contributed by atoms with van der Waals surface area (Å²) in [5.41, 5.74) is 10.2. The van der Waals surface area contributed by atoms with Crippen molar-refractivity contribution < 1.29 is 9.53 Å². The average molecular weight is 271 g/mol. The molecule has 2 atom stereocenters. The smallest absolute Gasteiger partial charge is 0.237 e. The first kappa shape index (κ1) is 16.4. The van der Waals surface area contributed by atoms with Gasteiger partial charge in [0.2, 0.25) is 5.91 Å². The highest BCUT2D eigenvalue weighted by Gasteiger charge is 2.24. The molecule has 5 heteroatoms. The van der Waals surface area contributed by atoms with E-state index in [4.69, 9.17) is 16.2 Å². The number of carbonyl (C=O) groups is 1. The third-order valence-corrected chi connectivity index (χ3v) is 3.84. The van der Waals surface area contributed by atoms with Gasteiger partial charge in [-0.25, -0.2) is 0 Å². The molecule has 1 saturated heterocycles. The average Bonchev–Trinajstić information content (AvgIpc) is 2.36. The number of carbonyl (C=O) groups excluding carboxylic acids is 1. The van der Waals surface area contributed by atoms with Gasteiger partial charge in [-0.05, 0) is 59.0 Å². The molecule has 19 heavy (non-hydrogen) atoms. The molecule has 2 unspecified atom stereocenters. The highest BCUT2D eigenvalue weighted by molar-refractivity contribution is 5.83. The van der Waals surface area contributed by atoms with Crippen LogP contribution in [0.4, 0.5) is 0 Å². The number of primary amides is 1. The molecule has 1 fully saturated rings. The van der Waals surface area contributed by atoms with Crippen molar-refractivity contribution in [1.82, 2.24) is 4.90 Å². The molecule has 112 valence electrons. The molecular weight excluding hydrogens is 242 g/mol. The summed E-state index contributed by atoms with van der Waals surface area (Å²) in [5, 5.41) is 0. The van der Waals surface area contributed by atoms with Crippen LogP contribution >= 0.6 is 0 Å². The first-order chi connectivity index (χ1) is 8.92. The van der Waals surface area contributed by atoms with Crippen molar-refractivity contribution >= 4 is 5.91 Å². The molecule has 0 aromatic carbocycles. The van der Waals surface area contributed by atoms with Crippen LogP contribution in [0.1, 0.15) is 45.4 Å². The summed E-state index contributed by atoms with van der Waals surface area (Å²) >= 11 is 0. The number of ether oxygens (including phenoxy) is 1. The summed E-state index contributed by atoms with van der Waals surface area (Å²) in [7, 11) is 2.12. The number of hydrogen-bond acceptors (Lipinski definition) is 4. The van der Waals surface area contributed by atoms with E-state index in [1.54, 1.807) is 6.92 Å². The number of unbranched alkanes of at least 4 members (excludes halogenated alkanes) is 1. The van der Waals surface area contributed by atoms with Gasteiger partial charge in [0.15, 0.2) is 0 Å². The minimum absolute atomic E-state index is 0.393. The molecule has 1 rings (SSSR count). The molecule has 1 heterocycles. The van der Waals surface area contributed by atoms with Gasteiger partial charge in [0.1, 0.15) is 0 Å². The van der Waals surface area contributed by atoms with Gasteiger partial charge in [-0.3, -0.25) is 4.79 Å². The second-order valence-electron chi connectivity index (χ2n) is 5.99. The third-order valence-electron chi connectivity index (χ3n) is 3.84. The van der Waals surface area contributed by atoms with Crippen molar-refractivity contribution in [3.05, 3.63) is 0 Å². The van der Waals surface area contributed by atoms with E-state index >= 15 is 0 Å². The van der Waals surface area contributed by atoms with Crippen LogP contribution in [0.3, 0.4) is 0 Å². The van der Waals surface area contributed by atoms with Gasteiger partial charge in [-0.1, -0.05) is 0 Å². The van der Waals surface area contributed by atoms with E-state index in [9.17, 15) is 4.79 Å². The topological polar surface area (TPSA) is 81.6 Å². The third kappa shape index (κ3) is 6.36. The summed E-state index contributed by atoms with van der Waals surface area (Å²) < 4.78 is 5.72. The summed E-state index contributed by atoms with van der Waals surface area (Å²) in [5.74, 6) is -0.420. The van der Waals surface area contributed by atoms with E-state index in [0.717, 1.165) is 32.5 Å². The predicted molar refractivity (Wildman–Crippen MR) is 76.7 cm³/mol. The zero-order valence-corrected chi connectivity index (χ0v) is 12.4. The van der Waals surface area contributed by atoms with Gasteiger partial charge >= 0.3 is 0 Å². The Morgan fingerprint density at radius 2 is 2.16 bits per heavy atom. The first-order valence-electron chi connectivity index (χ1n) is 7.31. The van der Waals surface area contributed by atoms with Crippen LogP contribution in [-0.2, 0) is 9.53 Å². The molecular formula is C14H29N3O2. The lowest BCUT2D eigenvalue weighted by molar-refractivity contribution is -0.122. The lowest BCUT2D eigenvalue weighted by Gasteiger charge is -2.27. The largest absolute Gasteiger partial charge is 0.377 e. The standard InChI is InChI=1S/C14H29N3O2/c1-14(16,13(15)18)8-4-5-9-17(2)11-12-7-3-6-10-19-12/h12H,3-11,16H2,1-2H3,(H2,15,18). The lowest BCUT2D eigenvalue weighted by Crippen LogP contribution is -2.49. The van der Waals surface area contributed by atoms with Gasteiger partial charge in [0, 0.05) is 13.2 Å². The SMILES string of the molecule is CN(CCCCC(C)(N)C(N)=O)CC1CCCCO1. The fraction of sp³-hybridized carbons (Fsp3) is 0.929. The molecule has 1 aliphatic heterocycles. The van der Waals surface area contributed by atoms with Crippen molar-refractivity contribution in [2.45, 2.75) is 57.1 Å².